The number of carbonyl (C=O) groups excluding carboxylic acids is 1. The number of aliphatic hydroxyl groups is 1. The Kier molecular flexibility index (Phi) is 3.78. The maximum absolute atomic E-state index is 11.4. The Bertz CT molecular complexity index is 482. The third kappa shape index (κ3) is 2.79. The van der Waals surface area contributed by atoms with E-state index in [4.69, 9.17) is 15.3 Å². The zero-order valence-corrected chi connectivity index (χ0v) is 8.51. The first-order chi connectivity index (χ1) is 7.97. The molecule has 0 bridgehead atoms. The molecule has 1 amide bonds. The van der Waals surface area contributed by atoms with Gasteiger partial charge in [-0.3, -0.25) is 4.79 Å². The lowest BCUT2D eigenvalue weighted by Crippen LogP contribution is -2.26. The highest BCUT2D eigenvalue weighted by molar-refractivity contribution is 6.06. The van der Waals surface area contributed by atoms with Gasteiger partial charge in [0.2, 0.25) is 0 Å². The molecule has 0 spiro atoms. The van der Waals surface area contributed by atoms with Crippen molar-refractivity contribution in [1.82, 2.24) is 5.32 Å². The van der Waals surface area contributed by atoms with Crippen LogP contribution in [0.5, 0.6) is 0 Å². The van der Waals surface area contributed by atoms with Crippen molar-refractivity contribution in [3.8, 4) is 0 Å². The molecule has 1 aromatic rings. The average Bonchev–Trinajstić information content (AvgIpc) is 2.28. The molecule has 7 nitrogen and oxygen atoms in total. The van der Waals surface area contributed by atoms with Crippen LogP contribution >= 0.6 is 0 Å². The van der Waals surface area contributed by atoms with Gasteiger partial charge in [-0.1, -0.05) is 0 Å². The van der Waals surface area contributed by atoms with Crippen LogP contribution in [-0.4, -0.2) is 39.9 Å². The van der Waals surface area contributed by atoms with Gasteiger partial charge in [0.25, 0.3) is 5.91 Å². The second kappa shape index (κ2) is 5.08. The summed E-state index contributed by atoms with van der Waals surface area (Å²) in [5, 5.41) is 28.1. The minimum absolute atomic E-state index is 0.212. The maximum Gasteiger partial charge on any atom is 0.336 e. The van der Waals surface area contributed by atoms with Crippen LogP contribution in [0.25, 0.3) is 0 Å². The van der Waals surface area contributed by atoms with Crippen LogP contribution < -0.4 is 5.32 Å². The summed E-state index contributed by atoms with van der Waals surface area (Å²) in [7, 11) is 0. The Hall–Kier alpha value is -2.41. The third-order valence-electron chi connectivity index (χ3n) is 1.98. The van der Waals surface area contributed by atoms with Crippen molar-refractivity contribution >= 4 is 17.8 Å². The first-order valence-corrected chi connectivity index (χ1v) is 4.47. The minimum atomic E-state index is -1.42. The van der Waals surface area contributed by atoms with E-state index < -0.39 is 30.1 Å². The highest BCUT2D eigenvalue weighted by Gasteiger charge is 2.18. The molecule has 0 saturated carbocycles. The molecule has 0 aromatic heterocycles. The van der Waals surface area contributed by atoms with Gasteiger partial charge in [0.15, 0.2) is 0 Å². The number of hydrogen-bond donors (Lipinski definition) is 4. The van der Waals surface area contributed by atoms with Gasteiger partial charge in [-0.05, 0) is 18.2 Å². The van der Waals surface area contributed by atoms with Crippen molar-refractivity contribution in [2.75, 3.05) is 6.73 Å². The fraction of sp³-hybridized carbons (Fsp3) is 0.100. The molecule has 0 aliphatic rings. The zero-order valence-electron chi connectivity index (χ0n) is 8.51. The Morgan fingerprint density at radius 3 is 2.18 bits per heavy atom. The number of carboxylic acid groups (broad SMARTS) is 2. The molecule has 0 radical (unpaired) electrons. The second-order valence-corrected chi connectivity index (χ2v) is 3.03. The molecule has 0 aliphatic heterocycles. The smallest absolute Gasteiger partial charge is 0.336 e. The number of carbonyl (C=O) groups is 3. The first-order valence-electron chi connectivity index (χ1n) is 4.47. The standard InChI is InChI=1S/C10H9NO6/c12-4-11-8(13)6-2-1-5(9(14)15)3-7(6)10(16)17/h1-3,12H,4H2,(H,11,13)(H,14,15)(H,16,17). The van der Waals surface area contributed by atoms with E-state index in [1.165, 1.54) is 0 Å². The van der Waals surface area contributed by atoms with E-state index in [0.29, 0.717) is 0 Å². The van der Waals surface area contributed by atoms with Crippen LogP contribution in [0.3, 0.4) is 0 Å². The number of nitrogens with one attached hydrogen (secondary N) is 1. The Labute approximate surface area is 95.3 Å². The van der Waals surface area contributed by atoms with Gasteiger partial charge in [-0.25, -0.2) is 9.59 Å². The Balaban J connectivity index is 3.27. The number of amides is 1. The van der Waals surface area contributed by atoms with E-state index in [1.807, 2.05) is 5.32 Å². The molecule has 1 rings (SSSR count). The van der Waals surface area contributed by atoms with Gasteiger partial charge in [-0.15, -0.1) is 0 Å². The Morgan fingerprint density at radius 2 is 1.71 bits per heavy atom. The molecule has 0 saturated heterocycles. The molecule has 1 aromatic carbocycles. The molecule has 0 atom stereocenters. The number of rotatable bonds is 4. The predicted octanol–water partition coefficient (Wildman–Crippen LogP) is -0.237. The normalized spacial score (nSPS) is 9.71. The van der Waals surface area contributed by atoms with E-state index in [9.17, 15) is 14.4 Å². The van der Waals surface area contributed by atoms with Crippen LogP contribution in [0.2, 0.25) is 0 Å². The van der Waals surface area contributed by atoms with Gasteiger partial charge >= 0.3 is 11.9 Å². The van der Waals surface area contributed by atoms with E-state index >= 15 is 0 Å². The van der Waals surface area contributed by atoms with Crippen molar-refractivity contribution in [1.29, 1.82) is 0 Å². The predicted molar refractivity (Wildman–Crippen MR) is 54.9 cm³/mol. The molecule has 4 N–H and O–H groups in total. The topological polar surface area (TPSA) is 124 Å². The fourth-order valence-corrected chi connectivity index (χ4v) is 1.22. The van der Waals surface area contributed by atoms with Crippen molar-refractivity contribution in [2.24, 2.45) is 0 Å². The van der Waals surface area contributed by atoms with Crippen molar-refractivity contribution in [3.63, 3.8) is 0 Å². The van der Waals surface area contributed by atoms with E-state index in [1.54, 1.807) is 0 Å². The van der Waals surface area contributed by atoms with Crippen LogP contribution in [0, 0.1) is 0 Å². The second-order valence-electron chi connectivity index (χ2n) is 3.03. The highest BCUT2D eigenvalue weighted by Crippen LogP contribution is 2.12. The summed E-state index contributed by atoms with van der Waals surface area (Å²) < 4.78 is 0. The van der Waals surface area contributed by atoms with Crippen LogP contribution in [0.15, 0.2) is 18.2 Å². The average molecular weight is 239 g/mol. The molecule has 0 aliphatic carbocycles. The van der Waals surface area contributed by atoms with Gasteiger partial charge in [0, 0.05) is 0 Å². The summed E-state index contributed by atoms with van der Waals surface area (Å²) in [6.07, 6.45) is 0. The minimum Gasteiger partial charge on any atom is -0.478 e. The van der Waals surface area contributed by atoms with E-state index in [2.05, 4.69) is 0 Å². The largest absolute Gasteiger partial charge is 0.478 e. The van der Waals surface area contributed by atoms with Crippen LogP contribution in [0.1, 0.15) is 31.1 Å². The lowest BCUT2D eigenvalue weighted by molar-refractivity contribution is 0.0689. The summed E-state index contributed by atoms with van der Waals surface area (Å²) in [6.45, 7) is -0.640. The Morgan fingerprint density at radius 1 is 1.06 bits per heavy atom. The first kappa shape index (κ1) is 12.7. The van der Waals surface area contributed by atoms with Gasteiger partial charge in [-0.2, -0.15) is 0 Å². The summed E-state index contributed by atoms with van der Waals surface area (Å²) in [4.78, 5) is 32.9. The lowest BCUT2D eigenvalue weighted by atomic mass is 10.0. The molecular weight excluding hydrogens is 230 g/mol. The molecule has 7 heteroatoms. The van der Waals surface area contributed by atoms with Gasteiger partial charge < -0.3 is 20.6 Å². The quantitative estimate of drug-likeness (QED) is 0.537. The van der Waals surface area contributed by atoms with Crippen molar-refractivity contribution in [3.05, 3.63) is 34.9 Å². The number of aliphatic hydroxyl groups excluding tert-OH is 1. The zero-order chi connectivity index (χ0) is 13.0. The lowest BCUT2D eigenvalue weighted by Gasteiger charge is -2.06. The maximum atomic E-state index is 11.4. The van der Waals surface area contributed by atoms with Crippen LogP contribution in [0.4, 0.5) is 0 Å². The molecule has 90 valence electrons. The highest BCUT2D eigenvalue weighted by atomic mass is 16.4. The van der Waals surface area contributed by atoms with Crippen molar-refractivity contribution < 1.29 is 29.7 Å². The van der Waals surface area contributed by atoms with Gasteiger partial charge in [0.05, 0.1) is 16.7 Å². The van der Waals surface area contributed by atoms with Crippen LogP contribution in [-0.2, 0) is 0 Å². The van der Waals surface area contributed by atoms with E-state index in [0.717, 1.165) is 18.2 Å². The van der Waals surface area contributed by atoms with Gasteiger partial charge in [0.1, 0.15) is 6.73 Å². The summed E-state index contributed by atoms with van der Waals surface area (Å²) >= 11 is 0. The van der Waals surface area contributed by atoms with E-state index in [-0.39, 0.29) is 11.1 Å². The SMILES string of the molecule is O=C(O)c1ccc(C(=O)NCO)c(C(=O)O)c1. The number of hydrogen-bond acceptors (Lipinski definition) is 4. The summed E-state index contributed by atoms with van der Waals surface area (Å²) in [5.74, 6) is -3.50. The molecule has 0 unspecified atom stereocenters. The fourth-order valence-electron chi connectivity index (χ4n) is 1.22. The monoisotopic (exact) mass is 239 g/mol. The molecular formula is C10H9NO6. The van der Waals surface area contributed by atoms with Crippen molar-refractivity contribution in [2.45, 2.75) is 0 Å². The molecule has 0 heterocycles. The molecule has 17 heavy (non-hydrogen) atoms. The summed E-state index contributed by atoms with van der Waals surface area (Å²) in [6, 6.07) is 3.08. The summed E-state index contributed by atoms with van der Waals surface area (Å²) in [5.41, 5.74) is -0.879. The number of carboxylic acids is 2. The third-order valence-corrected chi connectivity index (χ3v) is 1.98. The molecule has 0 fully saturated rings. The number of aromatic carboxylic acids is 2. The number of benzene rings is 1.